The summed E-state index contributed by atoms with van der Waals surface area (Å²) in [7, 11) is 0. The van der Waals surface area contributed by atoms with Crippen LogP contribution in [0.15, 0.2) is 58.6 Å². The average molecular weight is 413 g/mol. The molecule has 2 rings (SSSR count). The topological polar surface area (TPSA) is 62.1 Å². The summed E-state index contributed by atoms with van der Waals surface area (Å²) >= 11 is 3.42. The van der Waals surface area contributed by atoms with Crippen molar-refractivity contribution >= 4 is 27.9 Å². The molecule has 0 spiro atoms. The van der Waals surface area contributed by atoms with E-state index in [-0.39, 0.29) is 5.57 Å². The molecule has 0 atom stereocenters. The van der Waals surface area contributed by atoms with Crippen LogP contribution in [0, 0.1) is 11.3 Å². The molecule has 134 valence electrons. The summed E-state index contributed by atoms with van der Waals surface area (Å²) in [6.45, 7) is 3.06. The van der Waals surface area contributed by atoms with E-state index in [4.69, 9.17) is 4.74 Å². The van der Waals surface area contributed by atoms with Gasteiger partial charge in [0.25, 0.3) is 5.91 Å². The molecule has 5 heteroatoms. The molecule has 1 N–H and O–H groups in total. The highest BCUT2D eigenvalue weighted by molar-refractivity contribution is 9.10. The second-order valence-corrected chi connectivity index (χ2v) is 6.64. The lowest BCUT2D eigenvalue weighted by molar-refractivity contribution is -0.117. The highest BCUT2D eigenvalue weighted by Crippen LogP contribution is 2.26. The quantitative estimate of drug-likeness (QED) is 0.382. The van der Waals surface area contributed by atoms with Crippen molar-refractivity contribution in [2.24, 2.45) is 0 Å². The maximum Gasteiger partial charge on any atom is 0.262 e. The fourth-order valence-electron chi connectivity index (χ4n) is 2.27. The minimum atomic E-state index is -0.407. The van der Waals surface area contributed by atoms with Crippen molar-refractivity contribution in [2.75, 3.05) is 6.61 Å². The molecule has 0 aliphatic carbocycles. The molecule has 0 fully saturated rings. The van der Waals surface area contributed by atoms with Crippen LogP contribution >= 0.6 is 15.9 Å². The zero-order valence-electron chi connectivity index (χ0n) is 14.7. The number of carbonyl (C=O) groups is 1. The molecule has 0 heterocycles. The van der Waals surface area contributed by atoms with Gasteiger partial charge in [-0.2, -0.15) is 5.26 Å². The normalized spacial score (nSPS) is 10.9. The Bertz CT molecular complexity index is 811. The number of hydrogen-bond acceptors (Lipinski definition) is 3. The van der Waals surface area contributed by atoms with Crippen molar-refractivity contribution in [3.05, 3.63) is 69.7 Å². The number of amides is 1. The van der Waals surface area contributed by atoms with Crippen molar-refractivity contribution in [3.8, 4) is 11.8 Å². The van der Waals surface area contributed by atoms with Gasteiger partial charge < -0.3 is 10.1 Å². The van der Waals surface area contributed by atoms with Crippen LogP contribution in [0.4, 0.5) is 0 Å². The van der Waals surface area contributed by atoms with Gasteiger partial charge >= 0.3 is 0 Å². The van der Waals surface area contributed by atoms with Crippen LogP contribution in [0.2, 0.25) is 0 Å². The van der Waals surface area contributed by atoms with Crippen molar-refractivity contribution in [1.82, 2.24) is 5.32 Å². The first-order valence-electron chi connectivity index (χ1n) is 8.50. The number of rotatable bonds is 8. The van der Waals surface area contributed by atoms with Gasteiger partial charge in [0.2, 0.25) is 0 Å². The molecule has 0 aromatic heterocycles. The van der Waals surface area contributed by atoms with Gasteiger partial charge in [0.1, 0.15) is 17.4 Å². The van der Waals surface area contributed by atoms with Crippen LogP contribution in [0.1, 0.15) is 30.9 Å². The molecule has 4 nitrogen and oxygen atoms in total. The van der Waals surface area contributed by atoms with Gasteiger partial charge in [-0.15, -0.1) is 0 Å². The zero-order chi connectivity index (χ0) is 18.8. The Morgan fingerprint density at radius 1 is 1.27 bits per heavy atom. The van der Waals surface area contributed by atoms with E-state index in [0.717, 1.165) is 22.9 Å². The number of ether oxygens (including phenoxy) is 1. The van der Waals surface area contributed by atoms with E-state index >= 15 is 0 Å². The Labute approximate surface area is 162 Å². The first-order chi connectivity index (χ1) is 12.6. The molecule has 0 aliphatic heterocycles. The SMILES string of the molecule is CCCCOc1ccc(Br)cc1/C=C(\C#N)C(=O)NCc1ccccc1. The zero-order valence-corrected chi connectivity index (χ0v) is 16.3. The first-order valence-corrected chi connectivity index (χ1v) is 9.29. The fourth-order valence-corrected chi connectivity index (χ4v) is 2.65. The van der Waals surface area contributed by atoms with Crippen molar-refractivity contribution < 1.29 is 9.53 Å². The van der Waals surface area contributed by atoms with Gasteiger partial charge in [-0.25, -0.2) is 0 Å². The highest BCUT2D eigenvalue weighted by Gasteiger charge is 2.11. The lowest BCUT2D eigenvalue weighted by Gasteiger charge is -2.10. The van der Waals surface area contributed by atoms with E-state index in [1.54, 1.807) is 6.08 Å². The minimum Gasteiger partial charge on any atom is -0.493 e. The Morgan fingerprint density at radius 2 is 2.04 bits per heavy atom. The second-order valence-electron chi connectivity index (χ2n) is 5.72. The van der Waals surface area contributed by atoms with E-state index in [1.165, 1.54) is 0 Å². The molecule has 0 unspecified atom stereocenters. The van der Waals surface area contributed by atoms with E-state index in [9.17, 15) is 10.1 Å². The van der Waals surface area contributed by atoms with Gasteiger partial charge in [-0.3, -0.25) is 4.79 Å². The molecule has 0 aliphatic rings. The molecular formula is C21H21BrN2O2. The Morgan fingerprint density at radius 3 is 2.73 bits per heavy atom. The standard InChI is InChI=1S/C21H21BrN2O2/c1-2-3-11-26-20-10-9-19(22)13-17(20)12-18(14-23)21(25)24-15-16-7-5-4-6-8-16/h4-10,12-13H,2-3,11,15H2,1H3,(H,24,25)/b18-12+. The average Bonchev–Trinajstić information content (AvgIpc) is 2.66. The molecule has 0 saturated heterocycles. The third-order valence-corrected chi connectivity index (χ3v) is 4.18. The lowest BCUT2D eigenvalue weighted by atomic mass is 10.1. The van der Waals surface area contributed by atoms with E-state index in [2.05, 4.69) is 28.2 Å². The maximum absolute atomic E-state index is 12.4. The van der Waals surface area contributed by atoms with Crippen molar-refractivity contribution in [1.29, 1.82) is 5.26 Å². The summed E-state index contributed by atoms with van der Waals surface area (Å²) in [4.78, 5) is 12.4. The number of nitrogens with zero attached hydrogens (tertiary/aromatic N) is 1. The fraction of sp³-hybridized carbons (Fsp3) is 0.238. The molecule has 1 amide bonds. The summed E-state index contributed by atoms with van der Waals surface area (Å²) in [6, 6.07) is 17.1. The van der Waals surface area contributed by atoms with Crippen LogP contribution in [-0.2, 0) is 11.3 Å². The number of hydrogen-bond donors (Lipinski definition) is 1. The predicted octanol–water partition coefficient (Wildman–Crippen LogP) is 4.85. The summed E-state index contributed by atoms with van der Waals surface area (Å²) in [6.07, 6.45) is 3.54. The van der Waals surface area contributed by atoms with Gasteiger partial charge in [-0.05, 0) is 36.3 Å². The number of halogens is 1. The third-order valence-electron chi connectivity index (χ3n) is 3.69. The smallest absolute Gasteiger partial charge is 0.262 e. The van der Waals surface area contributed by atoms with Crippen LogP contribution in [0.25, 0.3) is 6.08 Å². The van der Waals surface area contributed by atoms with Crippen LogP contribution < -0.4 is 10.1 Å². The van der Waals surface area contributed by atoms with Crippen LogP contribution in [0.5, 0.6) is 5.75 Å². The molecule has 2 aromatic carbocycles. The van der Waals surface area contributed by atoms with E-state index in [1.807, 2.05) is 54.6 Å². The lowest BCUT2D eigenvalue weighted by Crippen LogP contribution is -2.23. The van der Waals surface area contributed by atoms with E-state index < -0.39 is 5.91 Å². The van der Waals surface area contributed by atoms with Gasteiger partial charge in [0.15, 0.2) is 0 Å². The highest BCUT2D eigenvalue weighted by atomic mass is 79.9. The third kappa shape index (κ3) is 6.05. The Kier molecular flexibility index (Phi) is 7.91. The largest absolute Gasteiger partial charge is 0.493 e. The van der Waals surface area contributed by atoms with E-state index in [0.29, 0.717) is 24.5 Å². The second kappa shape index (κ2) is 10.4. The summed E-state index contributed by atoms with van der Waals surface area (Å²) < 4.78 is 6.64. The van der Waals surface area contributed by atoms with Crippen molar-refractivity contribution in [3.63, 3.8) is 0 Å². The predicted molar refractivity (Wildman–Crippen MR) is 106 cm³/mol. The molecular weight excluding hydrogens is 392 g/mol. The number of unbranched alkanes of at least 4 members (excludes halogenated alkanes) is 1. The summed E-state index contributed by atoms with van der Waals surface area (Å²) in [5.74, 6) is 0.251. The number of nitrogens with one attached hydrogen (secondary N) is 1. The summed E-state index contributed by atoms with van der Waals surface area (Å²) in [5.41, 5.74) is 1.71. The van der Waals surface area contributed by atoms with Crippen LogP contribution in [0.3, 0.4) is 0 Å². The molecule has 2 aromatic rings. The molecule has 0 radical (unpaired) electrons. The Hall–Kier alpha value is -2.58. The number of benzene rings is 2. The van der Waals surface area contributed by atoms with Gasteiger partial charge in [-0.1, -0.05) is 59.6 Å². The van der Waals surface area contributed by atoms with Crippen molar-refractivity contribution in [2.45, 2.75) is 26.3 Å². The van der Waals surface area contributed by atoms with Gasteiger partial charge in [0.05, 0.1) is 6.61 Å². The number of carbonyl (C=O) groups excluding carboxylic acids is 1. The summed E-state index contributed by atoms with van der Waals surface area (Å²) in [5, 5.41) is 12.2. The monoisotopic (exact) mass is 412 g/mol. The van der Waals surface area contributed by atoms with Crippen LogP contribution in [-0.4, -0.2) is 12.5 Å². The first kappa shape index (κ1) is 19.7. The Balaban J connectivity index is 2.15. The molecule has 0 bridgehead atoms. The maximum atomic E-state index is 12.4. The minimum absolute atomic E-state index is 0.0411. The molecule has 26 heavy (non-hydrogen) atoms. The van der Waals surface area contributed by atoms with Gasteiger partial charge in [0, 0.05) is 16.6 Å². The number of nitriles is 1. The molecule has 0 saturated carbocycles.